The Bertz CT molecular complexity index is 324. The molecule has 2 aliphatic rings. The van der Waals surface area contributed by atoms with Crippen LogP contribution in [0, 0.1) is 5.41 Å². The van der Waals surface area contributed by atoms with Crippen molar-refractivity contribution in [1.82, 2.24) is 0 Å². The van der Waals surface area contributed by atoms with Gasteiger partial charge in [-0.2, -0.15) is 0 Å². The lowest BCUT2D eigenvalue weighted by molar-refractivity contribution is -0.318. The molecule has 3 heteroatoms. The van der Waals surface area contributed by atoms with Gasteiger partial charge in [0.05, 0.1) is 12.7 Å². The maximum Gasteiger partial charge on any atom is 0.168 e. The van der Waals surface area contributed by atoms with E-state index >= 15 is 0 Å². The van der Waals surface area contributed by atoms with E-state index in [1.165, 1.54) is 19.3 Å². The van der Waals surface area contributed by atoms with Crippen LogP contribution in [-0.4, -0.2) is 24.3 Å². The Morgan fingerprint density at radius 3 is 2.60 bits per heavy atom. The predicted molar refractivity (Wildman–Crippen MR) is 79.6 cm³/mol. The molecule has 1 heterocycles. The number of ether oxygens (including phenoxy) is 2. The highest BCUT2D eigenvalue weighted by atomic mass is 16.7. The molecule has 1 spiro atoms. The van der Waals surface area contributed by atoms with Gasteiger partial charge in [-0.25, -0.2) is 0 Å². The summed E-state index contributed by atoms with van der Waals surface area (Å²) < 4.78 is 12.3. The molecule has 0 aromatic rings. The normalized spacial score (nSPS) is 26.6. The number of carbonyl (C=O) groups is 1. The molecule has 1 saturated heterocycles. The highest BCUT2D eigenvalue weighted by Crippen LogP contribution is 2.42. The van der Waals surface area contributed by atoms with Crippen molar-refractivity contribution in [2.24, 2.45) is 5.41 Å². The standard InChI is InChI=1S/C17H30O3/c1-4-5-9-14(18)16(2,3)15-10-13-19-17(20-15)11-7-6-8-12-17/h15H,4-13H2,1-3H3. The summed E-state index contributed by atoms with van der Waals surface area (Å²) in [5.41, 5.74) is -0.386. The fourth-order valence-electron chi connectivity index (χ4n) is 3.40. The minimum absolute atomic E-state index is 0.0127. The number of ketones is 1. The fraction of sp³-hybridized carbons (Fsp3) is 0.941. The minimum Gasteiger partial charge on any atom is -0.350 e. The Morgan fingerprint density at radius 1 is 1.25 bits per heavy atom. The summed E-state index contributed by atoms with van der Waals surface area (Å²) in [6, 6.07) is 0. The smallest absolute Gasteiger partial charge is 0.168 e. The summed E-state index contributed by atoms with van der Waals surface area (Å²) in [5.74, 6) is -0.0408. The first-order chi connectivity index (χ1) is 9.50. The zero-order valence-corrected chi connectivity index (χ0v) is 13.4. The van der Waals surface area contributed by atoms with Gasteiger partial charge in [0.2, 0.25) is 0 Å². The van der Waals surface area contributed by atoms with Gasteiger partial charge in [-0.3, -0.25) is 4.79 Å². The number of carbonyl (C=O) groups excluding carboxylic acids is 1. The molecule has 0 radical (unpaired) electrons. The zero-order chi connectivity index (χ0) is 14.6. The van der Waals surface area contributed by atoms with Crippen molar-refractivity contribution in [3.8, 4) is 0 Å². The molecule has 1 saturated carbocycles. The molecule has 3 nitrogen and oxygen atoms in total. The third-order valence-corrected chi connectivity index (χ3v) is 5.00. The third-order valence-electron chi connectivity index (χ3n) is 5.00. The Morgan fingerprint density at radius 2 is 1.95 bits per heavy atom. The molecule has 2 rings (SSSR count). The van der Waals surface area contributed by atoms with E-state index in [4.69, 9.17) is 9.47 Å². The van der Waals surface area contributed by atoms with Crippen molar-refractivity contribution < 1.29 is 14.3 Å². The predicted octanol–water partition coefficient (Wildman–Crippen LogP) is 4.24. The molecule has 116 valence electrons. The third kappa shape index (κ3) is 3.43. The van der Waals surface area contributed by atoms with Crippen molar-refractivity contribution in [2.75, 3.05) is 6.61 Å². The molecule has 0 aromatic carbocycles. The Hall–Kier alpha value is -0.410. The van der Waals surface area contributed by atoms with Crippen molar-refractivity contribution in [2.45, 2.75) is 90.4 Å². The van der Waals surface area contributed by atoms with Gasteiger partial charge in [0.1, 0.15) is 5.78 Å². The van der Waals surface area contributed by atoms with Gasteiger partial charge in [-0.15, -0.1) is 0 Å². The molecular formula is C17H30O3. The van der Waals surface area contributed by atoms with Crippen molar-refractivity contribution in [3.05, 3.63) is 0 Å². The summed E-state index contributed by atoms with van der Waals surface area (Å²) in [4.78, 5) is 12.5. The van der Waals surface area contributed by atoms with E-state index in [-0.39, 0.29) is 17.3 Å². The number of unbranched alkanes of at least 4 members (excludes halogenated alkanes) is 1. The highest BCUT2D eigenvalue weighted by molar-refractivity contribution is 5.84. The van der Waals surface area contributed by atoms with Gasteiger partial charge < -0.3 is 9.47 Å². The average molecular weight is 282 g/mol. The monoisotopic (exact) mass is 282 g/mol. The number of hydrogen-bond acceptors (Lipinski definition) is 3. The van der Waals surface area contributed by atoms with E-state index in [0.717, 1.165) is 38.7 Å². The molecule has 1 aliphatic heterocycles. The van der Waals surface area contributed by atoms with Crippen LogP contribution in [0.4, 0.5) is 0 Å². The second-order valence-electron chi connectivity index (χ2n) is 6.96. The maximum atomic E-state index is 12.5. The Kier molecular flexibility index (Phi) is 5.25. The van der Waals surface area contributed by atoms with Crippen LogP contribution in [0.3, 0.4) is 0 Å². The van der Waals surface area contributed by atoms with Crippen LogP contribution < -0.4 is 0 Å². The topological polar surface area (TPSA) is 35.5 Å². The van der Waals surface area contributed by atoms with Gasteiger partial charge >= 0.3 is 0 Å². The summed E-state index contributed by atoms with van der Waals surface area (Å²) in [7, 11) is 0. The second-order valence-corrected chi connectivity index (χ2v) is 6.96. The van der Waals surface area contributed by atoms with Gasteiger partial charge in [0.15, 0.2) is 5.79 Å². The van der Waals surface area contributed by atoms with Crippen LogP contribution >= 0.6 is 0 Å². The first-order valence-corrected chi connectivity index (χ1v) is 8.35. The lowest BCUT2D eigenvalue weighted by Crippen LogP contribution is -2.52. The first-order valence-electron chi connectivity index (χ1n) is 8.35. The molecule has 0 N–H and O–H groups in total. The number of rotatable bonds is 5. The molecule has 1 unspecified atom stereocenters. The van der Waals surface area contributed by atoms with E-state index in [1.54, 1.807) is 0 Å². The van der Waals surface area contributed by atoms with Gasteiger partial charge in [0.25, 0.3) is 0 Å². The van der Waals surface area contributed by atoms with Crippen LogP contribution in [0.25, 0.3) is 0 Å². The minimum atomic E-state index is -0.386. The number of Topliss-reactive ketones (excluding diaryl/α,β-unsaturated/α-hetero) is 1. The van der Waals surface area contributed by atoms with Crippen molar-refractivity contribution in [3.63, 3.8) is 0 Å². The molecular weight excluding hydrogens is 252 g/mol. The molecule has 2 fully saturated rings. The second kappa shape index (κ2) is 6.57. The molecule has 20 heavy (non-hydrogen) atoms. The van der Waals surface area contributed by atoms with Gasteiger partial charge in [0, 0.05) is 24.7 Å². The van der Waals surface area contributed by atoms with Crippen LogP contribution in [0.2, 0.25) is 0 Å². The van der Waals surface area contributed by atoms with Crippen LogP contribution in [0.5, 0.6) is 0 Å². The average Bonchev–Trinajstić information content (AvgIpc) is 2.45. The number of hydrogen-bond donors (Lipinski definition) is 0. The summed E-state index contributed by atoms with van der Waals surface area (Å²) >= 11 is 0. The van der Waals surface area contributed by atoms with E-state index < -0.39 is 0 Å². The van der Waals surface area contributed by atoms with Crippen molar-refractivity contribution in [1.29, 1.82) is 0 Å². The molecule has 0 bridgehead atoms. The van der Waals surface area contributed by atoms with E-state index in [9.17, 15) is 4.79 Å². The Balaban J connectivity index is 2.01. The molecule has 0 aromatic heterocycles. The summed E-state index contributed by atoms with van der Waals surface area (Å²) in [6.45, 7) is 6.96. The van der Waals surface area contributed by atoms with E-state index in [0.29, 0.717) is 12.2 Å². The molecule has 1 atom stereocenters. The lowest BCUT2D eigenvalue weighted by Gasteiger charge is -2.47. The lowest BCUT2D eigenvalue weighted by atomic mass is 9.77. The van der Waals surface area contributed by atoms with Gasteiger partial charge in [-0.05, 0) is 25.7 Å². The molecule has 0 amide bonds. The largest absolute Gasteiger partial charge is 0.350 e. The van der Waals surface area contributed by atoms with E-state index in [1.807, 2.05) is 0 Å². The van der Waals surface area contributed by atoms with Gasteiger partial charge in [-0.1, -0.05) is 33.6 Å². The fourth-order valence-corrected chi connectivity index (χ4v) is 3.40. The van der Waals surface area contributed by atoms with E-state index in [2.05, 4.69) is 20.8 Å². The SMILES string of the molecule is CCCCC(=O)C(C)(C)C1CCOC2(CCCCC2)O1. The van der Waals surface area contributed by atoms with Crippen molar-refractivity contribution >= 4 is 5.78 Å². The maximum absolute atomic E-state index is 12.5. The van der Waals surface area contributed by atoms with Crippen LogP contribution in [0.1, 0.15) is 78.6 Å². The summed E-state index contributed by atoms with van der Waals surface area (Å²) in [5, 5.41) is 0. The van der Waals surface area contributed by atoms with Crippen LogP contribution in [0.15, 0.2) is 0 Å². The highest BCUT2D eigenvalue weighted by Gasteiger charge is 2.46. The quantitative estimate of drug-likeness (QED) is 0.756. The first kappa shape index (κ1) is 16.0. The Labute approximate surface area is 123 Å². The van der Waals surface area contributed by atoms with Crippen LogP contribution in [-0.2, 0) is 14.3 Å². The summed E-state index contributed by atoms with van der Waals surface area (Å²) in [6.07, 6.45) is 9.19. The molecule has 1 aliphatic carbocycles. The zero-order valence-electron chi connectivity index (χ0n) is 13.4.